The van der Waals surface area contributed by atoms with Gasteiger partial charge in [-0.05, 0) is 42.7 Å². The van der Waals surface area contributed by atoms with Gasteiger partial charge in [-0.3, -0.25) is 14.2 Å². The van der Waals surface area contributed by atoms with E-state index in [0.717, 1.165) is 28.9 Å². The van der Waals surface area contributed by atoms with E-state index in [2.05, 4.69) is 5.32 Å². The van der Waals surface area contributed by atoms with Crippen molar-refractivity contribution in [1.29, 1.82) is 0 Å². The van der Waals surface area contributed by atoms with E-state index in [-0.39, 0.29) is 22.6 Å². The van der Waals surface area contributed by atoms with E-state index in [1.165, 1.54) is 16.7 Å². The smallest absolute Gasteiger partial charge is 0.309 e. The molecule has 0 aliphatic heterocycles. The first kappa shape index (κ1) is 15.1. The van der Waals surface area contributed by atoms with Crippen LogP contribution in [0.15, 0.2) is 53.3 Å². The fourth-order valence-corrected chi connectivity index (χ4v) is 3.71. The number of benzene rings is 2. The predicted octanol–water partition coefficient (Wildman–Crippen LogP) is 3.07. The molecule has 6 heteroatoms. The van der Waals surface area contributed by atoms with Crippen molar-refractivity contribution in [2.24, 2.45) is 0 Å². The zero-order chi connectivity index (χ0) is 16.7. The van der Waals surface area contributed by atoms with Crippen LogP contribution in [0.2, 0.25) is 0 Å². The van der Waals surface area contributed by atoms with Crippen molar-refractivity contribution in [2.45, 2.75) is 24.9 Å². The second-order valence-corrected chi connectivity index (χ2v) is 6.94. The number of rotatable bonds is 4. The maximum Gasteiger partial charge on any atom is 0.309 e. The second-order valence-electron chi connectivity index (χ2n) is 5.94. The Hall–Kier alpha value is -2.47. The van der Waals surface area contributed by atoms with Crippen LogP contribution in [0.4, 0.5) is 4.39 Å². The number of hydrogen-bond donors (Lipinski definition) is 1. The molecule has 1 N–H and O–H groups in total. The minimum absolute atomic E-state index is 0.182. The number of amides is 1. The highest BCUT2D eigenvalue weighted by Gasteiger charge is 2.31. The molecular weight excluding hydrogens is 327 g/mol. The molecule has 0 spiro atoms. The molecule has 4 nitrogen and oxygen atoms in total. The molecule has 0 unspecified atom stereocenters. The van der Waals surface area contributed by atoms with Crippen molar-refractivity contribution in [3.63, 3.8) is 0 Å². The quantitative estimate of drug-likeness (QED) is 0.792. The average Bonchev–Trinajstić information content (AvgIpc) is 3.32. The Morgan fingerprint density at radius 3 is 2.58 bits per heavy atom. The number of nitrogens with one attached hydrogen (secondary N) is 1. The number of fused-ring (bicyclic) bond motifs is 1. The molecule has 24 heavy (non-hydrogen) atoms. The predicted molar refractivity (Wildman–Crippen MR) is 91.8 cm³/mol. The molecule has 3 aromatic rings. The highest BCUT2D eigenvalue weighted by molar-refractivity contribution is 7.16. The SMILES string of the molecule is O=C(NC1CC1)[C@H](c1ccc(F)cc1)n1c(=O)sc2ccccc21. The molecule has 0 radical (unpaired) electrons. The number of hydrogen-bond acceptors (Lipinski definition) is 3. The zero-order valence-corrected chi connectivity index (χ0v) is 13.6. The van der Waals surface area contributed by atoms with Crippen molar-refractivity contribution in [1.82, 2.24) is 9.88 Å². The minimum atomic E-state index is -0.796. The van der Waals surface area contributed by atoms with E-state index >= 15 is 0 Å². The summed E-state index contributed by atoms with van der Waals surface area (Å²) >= 11 is 1.11. The van der Waals surface area contributed by atoms with Gasteiger partial charge >= 0.3 is 4.87 Å². The Labute approximate surface area is 141 Å². The molecule has 1 saturated carbocycles. The molecule has 122 valence electrons. The molecule has 0 saturated heterocycles. The fraction of sp³-hybridized carbons (Fsp3) is 0.222. The van der Waals surface area contributed by atoms with Gasteiger partial charge in [0.05, 0.1) is 10.2 Å². The fourth-order valence-electron chi connectivity index (χ4n) is 2.80. The van der Waals surface area contributed by atoms with Gasteiger partial charge in [-0.15, -0.1) is 0 Å². The summed E-state index contributed by atoms with van der Waals surface area (Å²) in [5, 5.41) is 2.96. The summed E-state index contributed by atoms with van der Waals surface area (Å²) in [4.78, 5) is 25.2. The van der Waals surface area contributed by atoms with Gasteiger partial charge in [0, 0.05) is 6.04 Å². The maximum absolute atomic E-state index is 13.3. The first-order valence-electron chi connectivity index (χ1n) is 7.79. The second kappa shape index (κ2) is 5.87. The zero-order valence-electron chi connectivity index (χ0n) is 12.7. The van der Waals surface area contributed by atoms with Gasteiger partial charge in [0.1, 0.15) is 11.9 Å². The Morgan fingerprint density at radius 1 is 1.17 bits per heavy atom. The van der Waals surface area contributed by atoms with Crippen LogP contribution in [0.1, 0.15) is 24.4 Å². The Bertz CT molecular complexity index is 957. The molecule has 1 fully saturated rings. The summed E-state index contributed by atoms with van der Waals surface area (Å²) in [7, 11) is 0. The Balaban J connectivity index is 1.87. The standard InChI is InChI=1S/C18H15FN2O2S/c19-12-7-5-11(6-8-12)16(17(22)20-13-9-10-13)21-14-3-1-2-4-15(14)24-18(21)23/h1-8,13,16H,9-10H2,(H,20,22)/t16-/m0/s1. The van der Waals surface area contributed by atoms with Crippen molar-refractivity contribution in [3.05, 3.63) is 69.6 Å². The number of thiazole rings is 1. The largest absolute Gasteiger partial charge is 0.351 e. The van der Waals surface area contributed by atoms with Crippen molar-refractivity contribution < 1.29 is 9.18 Å². The van der Waals surface area contributed by atoms with Gasteiger partial charge in [-0.2, -0.15) is 0 Å². The topological polar surface area (TPSA) is 51.1 Å². The van der Waals surface area contributed by atoms with Gasteiger partial charge in [0.2, 0.25) is 5.91 Å². The lowest BCUT2D eigenvalue weighted by atomic mass is 10.1. The van der Waals surface area contributed by atoms with Crippen LogP contribution in [0.5, 0.6) is 0 Å². The molecule has 0 bridgehead atoms. The van der Waals surface area contributed by atoms with Crippen LogP contribution in [0, 0.1) is 5.82 Å². The van der Waals surface area contributed by atoms with Gasteiger partial charge in [0.15, 0.2) is 0 Å². The van der Waals surface area contributed by atoms with Crippen LogP contribution in [-0.4, -0.2) is 16.5 Å². The third kappa shape index (κ3) is 2.73. The number of carbonyl (C=O) groups is 1. The van der Waals surface area contributed by atoms with E-state index in [1.54, 1.807) is 12.1 Å². The van der Waals surface area contributed by atoms with E-state index in [0.29, 0.717) is 11.1 Å². The average molecular weight is 342 g/mol. The molecule has 1 amide bonds. The van der Waals surface area contributed by atoms with E-state index in [9.17, 15) is 14.0 Å². The number of para-hydroxylation sites is 1. The van der Waals surface area contributed by atoms with E-state index in [1.807, 2.05) is 24.3 Å². The molecule has 1 atom stereocenters. The van der Waals surface area contributed by atoms with Gasteiger partial charge < -0.3 is 5.32 Å². The molecule has 1 aliphatic rings. The van der Waals surface area contributed by atoms with Crippen LogP contribution < -0.4 is 10.2 Å². The van der Waals surface area contributed by atoms with Gasteiger partial charge in [-0.1, -0.05) is 35.6 Å². The van der Waals surface area contributed by atoms with Crippen LogP contribution in [-0.2, 0) is 4.79 Å². The lowest BCUT2D eigenvalue weighted by Crippen LogP contribution is -2.37. The van der Waals surface area contributed by atoms with Crippen LogP contribution >= 0.6 is 11.3 Å². The summed E-state index contributed by atoms with van der Waals surface area (Å²) in [6, 6.07) is 12.5. The van der Waals surface area contributed by atoms with Crippen molar-refractivity contribution in [3.8, 4) is 0 Å². The van der Waals surface area contributed by atoms with E-state index < -0.39 is 6.04 Å². The highest BCUT2D eigenvalue weighted by atomic mass is 32.1. The lowest BCUT2D eigenvalue weighted by Gasteiger charge is -2.19. The first-order chi connectivity index (χ1) is 11.6. The first-order valence-corrected chi connectivity index (χ1v) is 8.61. The molecule has 4 rings (SSSR count). The molecular formula is C18H15FN2O2S. The summed E-state index contributed by atoms with van der Waals surface area (Å²) < 4.78 is 15.6. The normalized spacial score (nSPS) is 15.4. The number of carbonyl (C=O) groups excluding carboxylic acids is 1. The molecule has 1 aromatic heterocycles. The summed E-state index contributed by atoms with van der Waals surface area (Å²) in [5.41, 5.74) is 1.31. The van der Waals surface area contributed by atoms with Crippen LogP contribution in [0.25, 0.3) is 10.2 Å². The third-order valence-corrected chi connectivity index (χ3v) is 5.07. The van der Waals surface area contributed by atoms with Crippen molar-refractivity contribution >= 4 is 27.5 Å². The summed E-state index contributed by atoms with van der Waals surface area (Å²) in [6.07, 6.45) is 1.92. The maximum atomic E-state index is 13.3. The Kier molecular flexibility index (Phi) is 3.69. The molecule has 2 aromatic carbocycles. The Morgan fingerprint density at radius 2 is 1.88 bits per heavy atom. The van der Waals surface area contributed by atoms with E-state index in [4.69, 9.17) is 0 Å². The highest BCUT2D eigenvalue weighted by Crippen LogP contribution is 2.27. The van der Waals surface area contributed by atoms with Gasteiger partial charge in [-0.25, -0.2) is 4.39 Å². The van der Waals surface area contributed by atoms with Crippen molar-refractivity contribution in [2.75, 3.05) is 0 Å². The number of aromatic nitrogens is 1. The number of halogens is 1. The molecule has 1 aliphatic carbocycles. The summed E-state index contributed by atoms with van der Waals surface area (Å²) in [6.45, 7) is 0. The third-order valence-electron chi connectivity index (χ3n) is 4.13. The van der Waals surface area contributed by atoms with Crippen LogP contribution in [0.3, 0.4) is 0 Å². The monoisotopic (exact) mass is 342 g/mol. The minimum Gasteiger partial charge on any atom is -0.351 e. The molecule has 1 heterocycles. The number of nitrogens with zero attached hydrogens (tertiary/aromatic N) is 1. The lowest BCUT2D eigenvalue weighted by molar-refractivity contribution is -0.123. The van der Waals surface area contributed by atoms with Gasteiger partial charge in [0.25, 0.3) is 0 Å². The summed E-state index contributed by atoms with van der Waals surface area (Å²) in [5.74, 6) is -0.600.